The van der Waals surface area contributed by atoms with Crippen LogP contribution in [0.1, 0.15) is 18.9 Å². The van der Waals surface area contributed by atoms with Gasteiger partial charge < -0.3 is 19.7 Å². The second-order valence-corrected chi connectivity index (χ2v) is 7.01. The molecule has 0 fully saturated rings. The SMILES string of the molecule is CCCN(CC(=O)Nc1ccc(F)c(F)c1F)C(=O)/C=C/c1cc(Cl)c(OC)c(OC)c1. The average Bonchev–Trinajstić information content (AvgIpc) is 2.77. The lowest BCUT2D eigenvalue weighted by atomic mass is 10.1. The fourth-order valence-corrected chi connectivity index (χ4v) is 3.13. The third kappa shape index (κ3) is 6.16. The van der Waals surface area contributed by atoms with E-state index >= 15 is 0 Å². The average molecular weight is 471 g/mol. The van der Waals surface area contributed by atoms with Gasteiger partial charge in [-0.05, 0) is 42.3 Å². The van der Waals surface area contributed by atoms with Crippen molar-refractivity contribution in [2.45, 2.75) is 13.3 Å². The second-order valence-electron chi connectivity index (χ2n) is 6.60. The Morgan fingerprint density at radius 2 is 1.84 bits per heavy atom. The minimum Gasteiger partial charge on any atom is -0.493 e. The Labute approximate surface area is 188 Å². The number of nitrogens with one attached hydrogen (secondary N) is 1. The van der Waals surface area contributed by atoms with Crippen LogP contribution < -0.4 is 14.8 Å². The first kappa shape index (κ1) is 25.1. The zero-order chi connectivity index (χ0) is 23.8. The molecule has 2 aromatic carbocycles. The van der Waals surface area contributed by atoms with E-state index in [4.69, 9.17) is 21.1 Å². The molecule has 0 aromatic heterocycles. The van der Waals surface area contributed by atoms with Gasteiger partial charge in [0.15, 0.2) is 29.0 Å². The summed E-state index contributed by atoms with van der Waals surface area (Å²) in [6.45, 7) is 1.64. The molecule has 2 rings (SSSR count). The summed E-state index contributed by atoms with van der Waals surface area (Å²) in [6, 6.07) is 4.80. The maximum absolute atomic E-state index is 13.8. The molecule has 10 heteroatoms. The molecular formula is C22H22ClF3N2O4. The van der Waals surface area contributed by atoms with Crippen molar-refractivity contribution in [1.29, 1.82) is 0 Å². The van der Waals surface area contributed by atoms with E-state index in [1.54, 1.807) is 12.1 Å². The lowest BCUT2D eigenvalue weighted by molar-refractivity contribution is -0.130. The van der Waals surface area contributed by atoms with E-state index in [0.717, 1.165) is 6.07 Å². The van der Waals surface area contributed by atoms with Crippen molar-refractivity contribution < 1.29 is 32.2 Å². The molecule has 2 aromatic rings. The van der Waals surface area contributed by atoms with Gasteiger partial charge in [0.05, 0.1) is 24.9 Å². The predicted molar refractivity (Wildman–Crippen MR) is 115 cm³/mol. The molecule has 1 N–H and O–H groups in total. The Morgan fingerprint density at radius 3 is 2.47 bits per heavy atom. The quantitative estimate of drug-likeness (QED) is 0.427. The Balaban J connectivity index is 2.13. The van der Waals surface area contributed by atoms with Crippen LogP contribution in [0.5, 0.6) is 11.5 Å². The van der Waals surface area contributed by atoms with Gasteiger partial charge in [0, 0.05) is 12.6 Å². The number of amides is 2. The van der Waals surface area contributed by atoms with Gasteiger partial charge in [-0.15, -0.1) is 0 Å². The third-order valence-corrected chi connectivity index (χ3v) is 4.60. The van der Waals surface area contributed by atoms with Crippen molar-refractivity contribution in [3.05, 3.63) is 58.4 Å². The topological polar surface area (TPSA) is 67.9 Å². The van der Waals surface area contributed by atoms with Crippen molar-refractivity contribution in [2.24, 2.45) is 0 Å². The number of halogens is 4. The number of hydrogen-bond acceptors (Lipinski definition) is 4. The molecule has 0 saturated carbocycles. The van der Waals surface area contributed by atoms with Gasteiger partial charge in [-0.25, -0.2) is 13.2 Å². The molecule has 0 unspecified atom stereocenters. The van der Waals surface area contributed by atoms with E-state index in [1.165, 1.54) is 31.3 Å². The molecule has 0 atom stereocenters. The number of anilines is 1. The maximum atomic E-state index is 13.8. The summed E-state index contributed by atoms with van der Waals surface area (Å²) in [4.78, 5) is 26.1. The Hall–Kier alpha value is -3.20. The van der Waals surface area contributed by atoms with Crippen LogP contribution in [0.15, 0.2) is 30.3 Å². The van der Waals surface area contributed by atoms with E-state index in [9.17, 15) is 22.8 Å². The van der Waals surface area contributed by atoms with Crippen molar-refractivity contribution in [1.82, 2.24) is 4.90 Å². The molecule has 0 spiro atoms. The minimum atomic E-state index is -1.69. The highest BCUT2D eigenvalue weighted by molar-refractivity contribution is 6.32. The van der Waals surface area contributed by atoms with Gasteiger partial charge in [-0.2, -0.15) is 0 Å². The van der Waals surface area contributed by atoms with E-state index in [-0.39, 0.29) is 11.6 Å². The molecule has 172 valence electrons. The van der Waals surface area contributed by atoms with Crippen LogP contribution in [0.3, 0.4) is 0 Å². The smallest absolute Gasteiger partial charge is 0.247 e. The third-order valence-electron chi connectivity index (χ3n) is 4.32. The summed E-state index contributed by atoms with van der Waals surface area (Å²) in [5.74, 6) is -5.10. The van der Waals surface area contributed by atoms with E-state index in [1.807, 2.05) is 6.92 Å². The first-order chi connectivity index (χ1) is 15.2. The van der Waals surface area contributed by atoms with Crippen LogP contribution in [-0.2, 0) is 9.59 Å². The summed E-state index contributed by atoms with van der Waals surface area (Å²) < 4.78 is 50.5. The number of ether oxygens (including phenoxy) is 2. The van der Waals surface area contributed by atoms with E-state index in [0.29, 0.717) is 29.5 Å². The van der Waals surface area contributed by atoms with Gasteiger partial charge in [-0.3, -0.25) is 9.59 Å². The van der Waals surface area contributed by atoms with Crippen LogP contribution in [0, 0.1) is 17.5 Å². The van der Waals surface area contributed by atoms with Crippen LogP contribution in [0.2, 0.25) is 5.02 Å². The maximum Gasteiger partial charge on any atom is 0.247 e. The molecule has 32 heavy (non-hydrogen) atoms. The lowest BCUT2D eigenvalue weighted by Crippen LogP contribution is -2.37. The number of carbonyl (C=O) groups is 2. The summed E-state index contributed by atoms with van der Waals surface area (Å²) in [5, 5.41) is 2.43. The Kier molecular flexibility index (Phi) is 8.95. The molecule has 0 saturated heterocycles. The molecule has 0 bridgehead atoms. The van der Waals surface area contributed by atoms with Crippen molar-refractivity contribution in [3.63, 3.8) is 0 Å². The first-order valence-electron chi connectivity index (χ1n) is 9.53. The van der Waals surface area contributed by atoms with E-state index in [2.05, 4.69) is 5.32 Å². The molecule has 6 nitrogen and oxygen atoms in total. The highest BCUT2D eigenvalue weighted by Gasteiger charge is 2.18. The van der Waals surface area contributed by atoms with Crippen molar-refractivity contribution >= 4 is 35.2 Å². The predicted octanol–water partition coefficient (Wildman–Crippen LogP) is 4.67. The fraction of sp³-hybridized carbons (Fsp3) is 0.273. The zero-order valence-corrected chi connectivity index (χ0v) is 18.4. The first-order valence-corrected chi connectivity index (χ1v) is 9.91. The molecule has 0 aliphatic heterocycles. The number of nitrogens with zero attached hydrogens (tertiary/aromatic N) is 1. The normalized spacial score (nSPS) is 10.8. The van der Waals surface area contributed by atoms with Gasteiger partial charge in [0.2, 0.25) is 11.8 Å². The Morgan fingerprint density at radius 1 is 1.12 bits per heavy atom. The molecule has 0 heterocycles. The van der Waals surface area contributed by atoms with Crippen LogP contribution in [0.4, 0.5) is 18.9 Å². The summed E-state index contributed by atoms with van der Waals surface area (Å²) in [5.41, 5.74) is 0.0408. The van der Waals surface area contributed by atoms with Crippen LogP contribution in [-0.4, -0.2) is 44.0 Å². The van der Waals surface area contributed by atoms with Crippen LogP contribution >= 0.6 is 11.6 Å². The molecule has 0 aliphatic carbocycles. The summed E-state index contributed by atoms with van der Waals surface area (Å²) in [6.07, 6.45) is 3.29. The van der Waals surface area contributed by atoms with Gasteiger partial charge in [-0.1, -0.05) is 18.5 Å². The lowest BCUT2D eigenvalue weighted by Gasteiger charge is -2.20. The number of rotatable bonds is 9. The van der Waals surface area contributed by atoms with Crippen molar-refractivity contribution in [3.8, 4) is 11.5 Å². The summed E-state index contributed by atoms with van der Waals surface area (Å²) >= 11 is 6.15. The van der Waals surface area contributed by atoms with Crippen LogP contribution in [0.25, 0.3) is 6.08 Å². The zero-order valence-electron chi connectivity index (χ0n) is 17.7. The van der Waals surface area contributed by atoms with E-state index < -0.39 is 41.5 Å². The highest BCUT2D eigenvalue weighted by atomic mass is 35.5. The second kappa shape index (κ2) is 11.4. The van der Waals surface area contributed by atoms with Gasteiger partial charge >= 0.3 is 0 Å². The molecule has 0 aliphatic rings. The number of carbonyl (C=O) groups excluding carboxylic acids is 2. The highest BCUT2D eigenvalue weighted by Crippen LogP contribution is 2.36. The van der Waals surface area contributed by atoms with Gasteiger partial charge in [0.1, 0.15) is 6.54 Å². The fourth-order valence-electron chi connectivity index (χ4n) is 2.83. The Bertz CT molecular complexity index is 1030. The molecule has 2 amide bonds. The minimum absolute atomic E-state index is 0.240. The molecule has 0 radical (unpaired) electrons. The number of methoxy groups -OCH3 is 2. The standard InChI is InChI=1S/C22H22ClF3N2O4/c1-4-9-28(12-18(29)27-16-7-6-15(24)20(25)21(16)26)19(30)8-5-13-10-14(23)22(32-3)17(11-13)31-2/h5-8,10-11H,4,9,12H2,1-3H3,(H,27,29)/b8-5+. The largest absolute Gasteiger partial charge is 0.493 e. The number of hydrogen-bond donors (Lipinski definition) is 1. The number of benzene rings is 2. The van der Waals surface area contributed by atoms with Gasteiger partial charge in [0.25, 0.3) is 0 Å². The molecular weight excluding hydrogens is 449 g/mol. The van der Waals surface area contributed by atoms with Crippen molar-refractivity contribution in [2.75, 3.05) is 32.6 Å². The summed E-state index contributed by atoms with van der Waals surface area (Å²) in [7, 11) is 2.90. The monoisotopic (exact) mass is 470 g/mol.